The molecule has 1 aromatic rings. The minimum atomic E-state index is -4.35. The first kappa shape index (κ1) is 15.9. The monoisotopic (exact) mass is 299 g/mol. The summed E-state index contributed by atoms with van der Waals surface area (Å²) in [5.74, 6) is 0. The van der Waals surface area contributed by atoms with Gasteiger partial charge in [-0.3, -0.25) is 0 Å². The van der Waals surface area contributed by atoms with E-state index in [0.717, 1.165) is 30.9 Å². The summed E-state index contributed by atoms with van der Waals surface area (Å²) < 4.78 is 45.0. The van der Waals surface area contributed by atoms with Crippen molar-refractivity contribution in [1.29, 1.82) is 0 Å². The topological polar surface area (TPSA) is 21.3 Å². The second-order valence-corrected chi connectivity index (χ2v) is 5.14. The van der Waals surface area contributed by atoms with Crippen LogP contribution in [-0.2, 0) is 10.9 Å². The van der Waals surface area contributed by atoms with Crippen LogP contribution in [0.5, 0.6) is 0 Å². The Morgan fingerprint density at radius 2 is 2.05 bits per heavy atom. The van der Waals surface area contributed by atoms with Crippen molar-refractivity contribution in [1.82, 2.24) is 5.32 Å². The number of benzene rings is 1. The first-order valence-corrected chi connectivity index (χ1v) is 7.24. The van der Waals surface area contributed by atoms with Crippen molar-refractivity contribution < 1.29 is 17.9 Å². The predicted molar refractivity (Wildman–Crippen MR) is 75.7 cm³/mol. The van der Waals surface area contributed by atoms with Crippen molar-refractivity contribution in [2.75, 3.05) is 13.2 Å². The lowest BCUT2D eigenvalue weighted by Gasteiger charge is -2.27. The molecule has 0 spiro atoms. The van der Waals surface area contributed by atoms with Crippen LogP contribution in [0.4, 0.5) is 13.2 Å². The average Bonchev–Trinajstić information content (AvgIpc) is 2.48. The van der Waals surface area contributed by atoms with Gasteiger partial charge in [0.2, 0.25) is 0 Å². The van der Waals surface area contributed by atoms with E-state index in [4.69, 9.17) is 4.74 Å². The molecule has 0 aromatic heterocycles. The van der Waals surface area contributed by atoms with E-state index in [1.807, 2.05) is 6.92 Å². The number of ether oxygens (including phenoxy) is 1. The summed E-state index contributed by atoms with van der Waals surface area (Å²) in [6, 6.07) is 5.32. The highest BCUT2D eigenvalue weighted by Gasteiger charge is 2.35. The number of rotatable bonds is 5. The van der Waals surface area contributed by atoms with Gasteiger partial charge in [0.25, 0.3) is 0 Å². The van der Waals surface area contributed by atoms with Crippen LogP contribution in [0.15, 0.2) is 36.1 Å². The Labute approximate surface area is 123 Å². The van der Waals surface area contributed by atoms with Crippen LogP contribution < -0.4 is 5.32 Å². The molecule has 1 unspecified atom stereocenters. The molecule has 0 saturated heterocycles. The molecule has 116 valence electrons. The van der Waals surface area contributed by atoms with E-state index in [-0.39, 0.29) is 5.56 Å². The van der Waals surface area contributed by atoms with Crippen LogP contribution in [0.2, 0.25) is 0 Å². The van der Waals surface area contributed by atoms with Gasteiger partial charge in [0, 0.05) is 0 Å². The standard InChI is InChI=1S/C16H20F3NO/c1-2-9-20-15(12-6-5-10-21-11-12)13-7-3-4-8-14(13)16(17,18)19/h3-4,7-8,11,15,20H,2,5-6,9-10H2,1H3. The fraction of sp³-hybridized carbons (Fsp3) is 0.500. The molecule has 0 saturated carbocycles. The van der Waals surface area contributed by atoms with Gasteiger partial charge < -0.3 is 10.1 Å². The molecule has 0 amide bonds. The number of halogens is 3. The van der Waals surface area contributed by atoms with E-state index in [1.54, 1.807) is 18.4 Å². The normalized spacial score (nSPS) is 17.0. The van der Waals surface area contributed by atoms with E-state index in [2.05, 4.69) is 5.32 Å². The molecule has 0 bridgehead atoms. The van der Waals surface area contributed by atoms with E-state index < -0.39 is 17.8 Å². The molecule has 0 radical (unpaired) electrons. The van der Waals surface area contributed by atoms with Crippen LogP contribution in [0.3, 0.4) is 0 Å². The van der Waals surface area contributed by atoms with Gasteiger partial charge in [-0.1, -0.05) is 25.1 Å². The first-order valence-electron chi connectivity index (χ1n) is 7.24. The maximum atomic E-state index is 13.2. The summed E-state index contributed by atoms with van der Waals surface area (Å²) in [5.41, 5.74) is 0.576. The summed E-state index contributed by atoms with van der Waals surface area (Å²) in [7, 11) is 0. The zero-order chi connectivity index (χ0) is 15.3. The van der Waals surface area contributed by atoms with Crippen molar-refractivity contribution in [3.63, 3.8) is 0 Å². The van der Waals surface area contributed by atoms with Crippen molar-refractivity contribution in [3.05, 3.63) is 47.2 Å². The number of hydrogen-bond donors (Lipinski definition) is 1. The van der Waals surface area contributed by atoms with Crippen molar-refractivity contribution in [2.45, 2.75) is 38.4 Å². The molecule has 1 N–H and O–H groups in total. The summed E-state index contributed by atoms with van der Waals surface area (Å²) >= 11 is 0. The van der Waals surface area contributed by atoms with Gasteiger partial charge in [-0.2, -0.15) is 13.2 Å². The van der Waals surface area contributed by atoms with Gasteiger partial charge in [-0.05, 0) is 43.0 Å². The SMILES string of the molecule is CCCNC(C1=COCCC1)c1ccccc1C(F)(F)F. The lowest BCUT2D eigenvalue weighted by molar-refractivity contribution is -0.138. The van der Waals surface area contributed by atoms with E-state index >= 15 is 0 Å². The van der Waals surface area contributed by atoms with Gasteiger partial charge in [0.05, 0.1) is 24.5 Å². The summed E-state index contributed by atoms with van der Waals surface area (Å²) in [6.07, 6.45) is -0.278. The third-order valence-electron chi connectivity index (χ3n) is 3.51. The average molecular weight is 299 g/mol. The molecule has 1 aromatic carbocycles. The fourth-order valence-electron chi connectivity index (χ4n) is 2.53. The number of alkyl halides is 3. The summed E-state index contributed by atoms with van der Waals surface area (Å²) in [5, 5.41) is 3.22. The van der Waals surface area contributed by atoms with Gasteiger partial charge >= 0.3 is 6.18 Å². The Morgan fingerprint density at radius 3 is 2.67 bits per heavy atom. The largest absolute Gasteiger partial charge is 0.501 e. The van der Waals surface area contributed by atoms with Gasteiger partial charge in [-0.25, -0.2) is 0 Å². The first-order chi connectivity index (χ1) is 10.0. The van der Waals surface area contributed by atoms with E-state index in [1.165, 1.54) is 6.07 Å². The molecule has 2 nitrogen and oxygen atoms in total. The number of nitrogens with one attached hydrogen (secondary N) is 1. The third kappa shape index (κ3) is 4.00. The second-order valence-electron chi connectivity index (χ2n) is 5.14. The molecule has 1 aliphatic rings. The molecular weight excluding hydrogens is 279 g/mol. The van der Waals surface area contributed by atoms with E-state index in [9.17, 15) is 13.2 Å². The van der Waals surface area contributed by atoms with Gasteiger partial charge in [-0.15, -0.1) is 0 Å². The number of hydrogen-bond acceptors (Lipinski definition) is 2. The Bertz CT molecular complexity index is 497. The Kier molecular flexibility index (Phi) is 5.28. The highest BCUT2D eigenvalue weighted by atomic mass is 19.4. The minimum absolute atomic E-state index is 0.273. The summed E-state index contributed by atoms with van der Waals surface area (Å²) in [6.45, 7) is 3.28. The lowest BCUT2D eigenvalue weighted by atomic mass is 9.91. The Hall–Kier alpha value is -1.49. The van der Waals surface area contributed by atoms with Gasteiger partial charge in [0.15, 0.2) is 0 Å². The molecule has 21 heavy (non-hydrogen) atoms. The minimum Gasteiger partial charge on any atom is -0.501 e. The lowest BCUT2D eigenvalue weighted by Crippen LogP contribution is -2.27. The van der Waals surface area contributed by atoms with Crippen LogP contribution in [0.25, 0.3) is 0 Å². The van der Waals surface area contributed by atoms with Crippen LogP contribution >= 0.6 is 0 Å². The highest BCUT2D eigenvalue weighted by molar-refractivity contribution is 5.37. The molecule has 1 heterocycles. The molecule has 0 fully saturated rings. The molecule has 5 heteroatoms. The molecule has 0 aliphatic carbocycles. The third-order valence-corrected chi connectivity index (χ3v) is 3.51. The van der Waals surface area contributed by atoms with Crippen LogP contribution in [-0.4, -0.2) is 13.2 Å². The predicted octanol–water partition coefficient (Wildman–Crippen LogP) is 4.44. The molecule has 2 rings (SSSR count). The molecule has 1 atom stereocenters. The van der Waals surface area contributed by atoms with Crippen molar-refractivity contribution in [2.24, 2.45) is 0 Å². The van der Waals surface area contributed by atoms with Gasteiger partial charge in [0.1, 0.15) is 0 Å². The van der Waals surface area contributed by atoms with E-state index in [0.29, 0.717) is 13.2 Å². The highest BCUT2D eigenvalue weighted by Crippen LogP contribution is 2.37. The van der Waals surface area contributed by atoms with Crippen molar-refractivity contribution in [3.8, 4) is 0 Å². The summed E-state index contributed by atoms with van der Waals surface area (Å²) in [4.78, 5) is 0. The zero-order valence-electron chi connectivity index (χ0n) is 12.0. The smallest absolute Gasteiger partial charge is 0.416 e. The zero-order valence-corrected chi connectivity index (χ0v) is 12.0. The molecular formula is C16H20F3NO. The van der Waals surface area contributed by atoms with Crippen LogP contribution in [0.1, 0.15) is 43.4 Å². The fourth-order valence-corrected chi connectivity index (χ4v) is 2.53. The quantitative estimate of drug-likeness (QED) is 0.868. The van der Waals surface area contributed by atoms with Crippen LogP contribution in [0, 0.1) is 0 Å². The Balaban J connectivity index is 2.39. The maximum Gasteiger partial charge on any atom is 0.416 e. The molecule has 1 aliphatic heterocycles. The maximum absolute atomic E-state index is 13.2. The second kappa shape index (κ2) is 6.98. The Morgan fingerprint density at radius 1 is 1.29 bits per heavy atom. The van der Waals surface area contributed by atoms with Crippen molar-refractivity contribution >= 4 is 0 Å².